The third kappa shape index (κ3) is 3.46. The van der Waals surface area contributed by atoms with E-state index in [1.54, 1.807) is 0 Å². The van der Waals surface area contributed by atoms with Crippen LogP contribution in [0.1, 0.15) is 32.0 Å². The Hall–Kier alpha value is -2.55. The molecule has 3 nitrogen and oxygen atoms in total. The summed E-state index contributed by atoms with van der Waals surface area (Å²) in [6, 6.07) is 18.8. The fourth-order valence-electron chi connectivity index (χ4n) is 3.41. The van der Waals surface area contributed by atoms with Crippen molar-refractivity contribution < 1.29 is 4.79 Å². The van der Waals surface area contributed by atoms with Gasteiger partial charge in [-0.15, -0.1) is 0 Å². The van der Waals surface area contributed by atoms with Gasteiger partial charge in [-0.2, -0.15) is 0 Å². The van der Waals surface area contributed by atoms with Crippen LogP contribution in [0.15, 0.2) is 54.6 Å². The van der Waals surface area contributed by atoms with E-state index in [1.165, 1.54) is 16.6 Å². The van der Waals surface area contributed by atoms with Crippen molar-refractivity contribution in [3.63, 3.8) is 0 Å². The SMILES string of the molecule is CCc1cccc(N(CC)C(=O)Cn2c(CC)cc3ccccc32)c1. The summed E-state index contributed by atoms with van der Waals surface area (Å²) in [5.41, 5.74) is 4.57. The van der Waals surface area contributed by atoms with Crippen LogP contribution in [0, 0.1) is 0 Å². The molecule has 0 unspecified atom stereocenters. The number of hydrogen-bond acceptors (Lipinski definition) is 1. The normalized spacial score (nSPS) is 11.0. The van der Waals surface area contributed by atoms with Crippen molar-refractivity contribution in [2.45, 2.75) is 40.2 Å². The average Bonchev–Trinajstić information content (AvgIpc) is 3.00. The van der Waals surface area contributed by atoms with Crippen molar-refractivity contribution >= 4 is 22.5 Å². The van der Waals surface area contributed by atoms with Crippen LogP contribution >= 0.6 is 0 Å². The molecule has 0 bridgehead atoms. The Balaban J connectivity index is 1.92. The van der Waals surface area contributed by atoms with E-state index < -0.39 is 0 Å². The molecule has 1 amide bonds. The molecule has 1 aromatic heterocycles. The van der Waals surface area contributed by atoms with Gasteiger partial charge in [0.25, 0.3) is 0 Å². The Labute approximate surface area is 149 Å². The molecule has 0 aliphatic rings. The van der Waals surface area contributed by atoms with E-state index in [1.807, 2.05) is 36.1 Å². The number of amides is 1. The van der Waals surface area contributed by atoms with Crippen LogP contribution < -0.4 is 4.90 Å². The van der Waals surface area contributed by atoms with E-state index in [4.69, 9.17) is 0 Å². The van der Waals surface area contributed by atoms with E-state index in [0.717, 1.165) is 24.0 Å². The molecule has 3 rings (SSSR count). The van der Waals surface area contributed by atoms with Crippen molar-refractivity contribution in [3.05, 3.63) is 65.9 Å². The van der Waals surface area contributed by atoms with E-state index in [2.05, 4.69) is 48.7 Å². The van der Waals surface area contributed by atoms with Gasteiger partial charge < -0.3 is 9.47 Å². The smallest absolute Gasteiger partial charge is 0.246 e. The number of carbonyl (C=O) groups is 1. The van der Waals surface area contributed by atoms with Gasteiger partial charge in [-0.1, -0.05) is 44.2 Å². The van der Waals surface area contributed by atoms with Gasteiger partial charge in [0.2, 0.25) is 5.91 Å². The summed E-state index contributed by atoms with van der Waals surface area (Å²) < 4.78 is 2.16. The molecule has 0 atom stereocenters. The summed E-state index contributed by atoms with van der Waals surface area (Å²) in [5, 5.41) is 1.20. The molecular formula is C22H26N2O. The second kappa shape index (κ2) is 7.56. The van der Waals surface area contributed by atoms with Crippen molar-refractivity contribution in [3.8, 4) is 0 Å². The molecule has 0 fully saturated rings. The number of fused-ring (bicyclic) bond motifs is 1. The number of anilines is 1. The lowest BCUT2D eigenvalue weighted by molar-refractivity contribution is -0.119. The second-order valence-corrected chi connectivity index (χ2v) is 6.30. The Morgan fingerprint density at radius 3 is 2.48 bits per heavy atom. The lowest BCUT2D eigenvalue weighted by Crippen LogP contribution is -2.34. The van der Waals surface area contributed by atoms with Crippen molar-refractivity contribution in [1.29, 1.82) is 0 Å². The summed E-state index contributed by atoms with van der Waals surface area (Å²) in [6.45, 7) is 7.35. The molecule has 130 valence electrons. The van der Waals surface area contributed by atoms with E-state index in [-0.39, 0.29) is 5.91 Å². The topological polar surface area (TPSA) is 25.2 Å². The lowest BCUT2D eigenvalue weighted by Gasteiger charge is -2.23. The molecule has 0 N–H and O–H groups in total. The molecule has 0 aliphatic carbocycles. The van der Waals surface area contributed by atoms with Crippen molar-refractivity contribution in [2.24, 2.45) is 0 Å². The Morgan fingerprint density at radius 1 is 0.960 bits per heavy atom. The van der Waals surface area contributed by atoms with Gasteiger partial charge in [0, 0.05) is 23.4 Å². The zero-order valence-electron chi connectivity index (χ0n) is 15.3. The Kier molecular flexibility index (Phi) is 5.22. The van der Waals surface area contributed by atoms with Gasteiger partial charge in [-0.3, -0.25) is 4.79 Å². The first-order valence-corrected chi connectivity index (χ1v) is 9.14. The maximum atomic E-state index is 13.1. The van der Waals surface area contributed by atoms with Crippen LogP contribution in [0.2, 0.25) is 0 Å². The molecule has 2 aromatic carbocycles. The average molecular weight is 334 g/mol. The predicted octanol–water partition coefficient (Wildman–Crippen LogP) is 4.82. The molecule has 0 radical (unpaired) electrons. The van der Waals surface area contributed by atoms with Gasteiger partial charge in [0.05, 0.1) is 0 Å². The summed E-state index contributed by atoms with van der Waals surface area (Å²) in [7, 11) is 0. The van der Waals surface area contributed by atoms with Crippen LogP contribution in [0.5, 0.6) is 0 Å². The molecule has 3 heteroatoms. The van der Waals surface area contributed by atoms with Gasteiger partial charge in [-0.05, 0) is 55.0 Å². The predicted molar refractivity (Wildman–Crippen MR) is 105 cm³/mol. The number of carbonyl (C=O) groups excluding carboxylic acids is 1. The van der Waals surface area contributed by atoms with Crippen LogP contribution in [-0.4, -0.2) is 17.0 Å². The van der Waals surface area contributed by atoms with E-state index in [0.29, 0.717) is 13.1 Å². The van der Waals surface area contributed by atoms with Crippen molar-refractivity contribution in [1.82, 2.24) is 4.57 Å². The van der Waals surface area contributed by atoms with Crippen LogP contribution in [0.3, 0.4) is 0 Å². The minimum absolute atomic E-state index is 0.131. The van der Waals surface area contributed by atoms with Crippen LogP contribution in [0.25, 0.3) is 10.9 Å². The lowest BCUT2D eigenvalue weighted by atomic mass is 10.1. The summed E-state index contributed by atoms with van der Waals surface area (Å²) in [6.07, 6.45) is 1.89. The fourth-order valence-corrected chi connectivity index (χ4v) is 3.41. The Morgan fingerprint density at radius 2 is 1.76 bits per heavy atom. The number of rotatable bonds is 6. The zero-order valence-corrected chi connectivity index (χ0v) is 15.3. The number of benzene rings is 2. The molecule has 0 saturated carbocycles. The summed E-state index contributed by atoms with van der Waals surface area (Å²) >= 11 is 0. The van der Waals surface area contributed by atoms with E-state index >= 15 is 0 Å². The summed E-state index contributed by atoms with van der Waals surface area (Å²) in [5.74, 6) is 0.131. The fraction of sp³-hybridized carbons (Fsp3) is 0.318. The molecular weight excluding hydrogens is 308 g/mol. The second-order valence-electron chi connectivity index (χ2n) is 6.30. The maximum Gasteiger partial charge on any atom is 0.246 e. The van der Waals surface area contributed by atoms with E-state index in [9.17, 15) is 4.79 Å². The molecule has 3 aromatic rings. The number of nitrogens with zero attached hydrogens (tertiary/aromatic N) is 2. The van der Waals surface area contributed by atoms with Gasteiger partial charge in [-0.25, -0.2) is 0 Å². The number of aromatic nitrogens is 1. The molecule has 0 aliphatic heterocycles. The van der Waals surface area contributed by atoms with Crippen LogP contribution in [0.4, 0.5) is 5.69 Å². The third-order valence-electron chi connectivity index (χ3n) is 4.80. The first kappa shape index (κ1) is 17.3. The standard InChI is InChI=1S/C22H26N2O/c1-4-17-10-9-12-20(14-17)23(6-3)22(25)16-24-19(5-2)15-18-11-7-8-13-21(18)24/h7-15H,4-6,16H2,1-3H3. The van der Waals surface area contributed by atoms with Gasteiger partial charge >= 0.3 is 0 Å². The number of hydrogen-bond donors (Lipinski definition) is 0. The first-order valence-electron chi connectivity index (χ1n) is 9.14. The van der Waals surface area contributed by atoms with Gasteiger partial charge in [0.15, 0.2) is 0 Å². The quantitative estimate of drug-likeness (QED) is 0.634. The highest BCUT2D eigenvalue weighted by molar-refractivity contribution is 5.94. The number of para-hydroxylation sites is 1. The highest BCUT2D eigenvalue weighted by atomic mass is 16.2. The highest BCUT2D eigenvalue weighted by Gasteiger charge is 2.17. The molecule has 0 saturated heterocycles. The highest BCUT2D eigenvalue weighted by Crippen LogP contribution is 2.22. The number of likely N-dealkylation sites (N-methyl/N-ethyl adjacent to an activating group) is 1. The maximum absolute atomic E-state index is 13.1. The Bertz CT molecular complexity index is 879. The monoisotopic (exact) mass is 334 g/mol. The van der Waals surface area contributed by atoms with Crippen LogP contribution in [-0.2, 0) is 24.2 Å². The minimum atomic E-state index is 0.131. The molecule has 0 spiro atoms. The summed E-state index contributed by atoms with van der Waals surface area (Å²) in [4.78, 5) is 14.9. The van der Waals surface area contributed by atoms with Crippen molar-refractivity contribution in [2.75, 3.05) is 11.4 Å². The number of aryl methyl sites for hydroxylation is 2. The molecule has 25 heavy (non-hydrogen) atoms. The molecule has 1 heterocycles. The third-order valence-corrected chi connectivity index (χ3v) is 4.80. The minimum Gasteiger partial charge on any atom is -0.335 e. The largest absolute Gasteiger partial charge is 0.335 e. The first-order chi connectivity index (χ1) is 12.2. The zero-order chi connectivity index (χ0) is 17.8. The van der Waals surface area contributed by atoms with Gasteiger partial charge in [0.1, 0.15) is 6.54 Å².